The Hall–Kier alpha value is -2.15. The quantitative estimate of drug-likeness (QED) is 0.898. The molecule has 1 aliphatic rings. The van der Waals surface area contributed by atoms with Crippen molar-refractivity contribution >= 4 is 27.2 Å². The van der Waals surface area contributed by atoms with Crippen LogP contribution >= 0.6 is 0 Å². The normalized spacial score (nSPS) is 19.8. The summed E-state index contributed by atoms with van der Waals surface area (Å²) in [5.41, 5.74) is 0.940. The third kappa shape index (κ3) is 3.73. The average molecular weight is 318 g/mol. The molecule has 1 atom stereocenters. The van der Waals surface area contributed by atoms with Crippen molar-refractivity contribution in [1.29, 1.82) is 0 Å². The van der Waals surface area contributed by atoms with E-state index in [0.717, 1.165) is 5.69 Å². The van der Waals surface area contributed by atoms with Gasteiger partial charge in [0, 0.05) is 17.8 Å². The molecule has 0 aliphatic carbocycles. The Labute approximate surface area is 129 Å². The van der Waals surface area contributed by atoms with E-state index in [0.29, 0.717) is 23.9 Å². The van der Waals surface area contributed by atoms with E-state index in [1.807, 2.05) is 37.3 Å². The zero-order chi connectivity index (χ0) is 15.6. The van der Waals surface area contributed by atoms with Crippen LogP contribution in [0.2, 0.25) is 0 Å². The first-order valence-corrected chi connectivity index (χ1v) is 8.97. The van der Waals surface area contributed by atoms with Gasteiger partial charge in [-0.2, -0.15) is 0 Å². The van der Waals surface area contributed by atoms with Crippen LogP contribution in [0, 0.1) is 6.92 Å². The minimum atomic E-state index is -2.91. The van der Waals surface area contributed by atoms with E-state index in [2.05, 4.69) is 20.6 Å². The molecule has 2 heterocycles. The Morgan fingerprint density at radius 1 is 1.14 bits per heavy atom. The highest BCUT2D eigenvalue weighted by molar-refractivity contribution is 7.91. The zero-order valence-electron chi connectivity index (χ0n) is 12.3. The van der Waals surface area contributed by atoms with Crippen LogP contribution in [0.3, 0.4) is 0 Å². The van der Waals surface area contributed by atoms with Crippen LogP contribution < -0.4 is 10.6 Å². The first kappa shape index (κ1) is 14.8. The van der Waals surface area contributed by atoms with E-state index in [4.69, 9.17) is 0 Å². The summed E-state index contributed by atoms with van der Waals surface area (Å²) < 4.78 is 23.0. The van der Waals surface area contributed by atoms with Crippen LogP contribution in [0.5, 0.6) is 0 Å². The standard InChI is InChI=1S/C15H18N4O2S/c1-11-16-14(18-12-5-3-2-4-6-12)9-15(17-11)19-13-7-8-22(20,21)10-13/h2-6,9,13H,7-8,10H2,1H3,(H2,16,17,18,19). The van der Waals surface area contributed by atoms with Crippen molar-refractivity contribution in [1.82, 2.24) is 9.97 Å². The highest BCUT2D eigenvalue weighted by atomic mass is 32.2. The molecule has 0 bridgehead atoms. The van der Waals surface area contributed by atoms with Crippen LogP contribution in [0.25, 0.3) is 0 Å². The van der Waals surface area contributed by atoms with Crippen LogP contribution in [-0.4, -0.2) is 35.9 Å². The Morgan fingerprint density at radius 3 is 2.55 bits per heavy atom. The van der Waals surface area contributed by atoms with Crippen LogP contribution in [0.4, 0.5) is 17.3 Å². The minimum Gasteiger partial charge on any atom is -0.366 e. The molecule has 22 heavy (non-hydrogen) atoms. The van der Waals surface area contributed by atoms with E-state index in [1.54, 1.807) is 6.07 Å². The van der Waals surface area contributed by atoms with E-state index in [1.165, 1.54) is 0 Å². The molecule has 116 valence electrons. The zero-order valence-corrected chi connectivity index (χ0v) is 13.1. The Balaban J connectivity index is 1.75. The maximum Gasteiger partial charge on any atom is 0.152 e. The van der Waals surface area contributed by atoms with Gasteiger partial charge in [0.2, 0.25) is 0 Å². The highest BCUT2D eigenvalue weighted by Crippen LogP contribution is 2.20. The molecular weight excluding hydrogens is 300 g/mol. The second-order valence-corrected chi connectivity index (χ2v) is 7.65. The monoisotopic (exact) mass is 318 g/mol. The van der Waals surface area contributed by atoms with E-state index in [-0.39, 0.29) is 17.5 Å². The molecular formula is C15H18N4O2S. The van der Waals surface area contributed by atoms with Gasteiger partial charge in [0.25, 0.3) is 0 Å². The van der Waals surface area contributed by atoms with E-state index >= 15 is 0 Å². The maximum atomic E-state index is 11.5. The van der Waals surface area contributed by atoms with Gasteiger partial charge < -0.3 is 10.6 Å². The van der Waals surface area contributed by atoms with Gasteiger partial charge in [-0.3, -0.25) is 0 Å². The van der Waals surface area contributed by atoms with Crippen molar-refractivity contribution in [2.75, 3.05) is 22.1 Å². The number of nitrogens with zero attached hydrogens (tertiary/aromatic N) is 2. The van der Waals surface area contributed by atoms with Gasteiger partial charge in [0.15, 0.2) is 9.84 Å². The number of hydrogen-bond acceptors (Lipinski definition) is 6. The summed E-state index contributed by atoms with van der Waals surface area (Å²) in [5, 5.41) is 6.41. The highest BCUT2D eigenvalue weighted by Gasteiger charge is 2.28. The second kappa shape index (κ2) is 5.92. The molecule has 1 aromatic carbocycles. The van der Waals surface area contributed by atoms with Gasteiger partial charge in [0.05, 0.1) is 11.5 Å². The van der Waals surface area contributed by atoms with Crippen molar-refractivity contribution in [3.8, 4) is 0 Å². The second-order valence-electron chi connectivity index (χ2n) is 5.42. The molecule has 0 spiro atoms. The topological polar surface area (TPSA) is 84.0 Å². The average Bonchev–Trinajstić information content (AvgIpc) is 2.78. The van der Waals surface area contributed by atoms with Crippen LogP contribution in [-0.2, 0) is 9.84 Å². The van der Waals surface area contributed by atoms with Crippen molar-refractivity contribution in [3.05, 3.63) is 42.2 Å². The number of para-hydroxylation sites is 1. The number of aromatic nitrogens is 2. The van der Waals surface area contributed by atoms with Gasteiger partial charge >= 0.3 is 0 Å². The molecule has 3 rings (SSSR count). The minimum absolute atomic E-state index is 0.0797. The van der Waals surface area contributed by atoms with Crippen molar-refractivity contribution in [2.24, 2.45) is 0 Å². The SMILES string of the molecule is Cc1nc(Nc2ccccc2)cc(NC2CCS(=O)(=O)C2)n1. The van der Waals surface area contributed by atoms with E-state index < -0.39 is 9.84 Å². The first-order valence-electron chi connectivity index (χ1n) is 7.15. The number of benzene rings is 1. The molecule has 0 radical (unpaired) electrons. The third-order valence-corrected chi connectivity index (χ3v) is 5.24. The van der Waals surface area contributed by atoms with Crippen molar-refractivity contribution < 1.29 is 8.42 Å². The number of hydrogen-bond donors (Lipinski definition) is 2. The summed E-state index contributed by atoms with van der Waals surface area (Å²) in [5.74, 6) is 2.36. The number of aryl methyl sites for hydroxylation is 1. The first-order chi connectivity index (χ1) is 10.5. The maximum absolute atomic E-state index is 11.5. The molecule has 7 heteroatoms. The van der Waals surface area contributed by atoms with Crippen molar-refractivity contribution in [2.45, 2.75) is 19.4 Å². The summed E-state index contributed by atoms with van der Waals surface area (Å²) in [4.78, 5) is 8.68. The molecule has 1 unspecified atom stereocenters. The molecule has 0 saturated carbocycles. The van der Waals surface area contributed by atoms with Gasteiger partial charge in [-0.25, -0.2) is 18.4 Å². The van der Waals surface area contributed by atoms with Gasteiger partial charge in [-0.05, 0) is 25.5 Å². The third-order valence-electron chi connectivity index (χ3n) is 3.47. The summed E-state index contributed by atoms with van der Waals surface area (Å²) in [6.07, 6.45) is 0.618. The molecule has 2 aromatic rings. The fraction of sp³-hybridized carbons (Fsp3) is 0.333. The molecule has 6 nitrogen and oxygen atoms in total. The molecule has 0 amide bonds. The molecule has 2 N–H and O–H groups in total. The lowest BCUT2D eigenvalue weighted by molar-refractivity contribution is 0.602. The molecule has 1 fully saturated rings. The summed E-state index contributed by atoms with van der Waals surface area (Å²) in [6, 6.07) is 11.5. The fourth-order valence-corrected chi connectivity index (χ4v) is 4.17. The van der Waals surface area contributed by atoms with Crippen LogP contribution in [0.15, 0.2) is 36.4 Å². The Bertz CT molecular complexity index is 762. The largest absolute Gasteiger partial charge is 0.366 e. The predicted molar refractivity (Wildman–Crippen MR) is 87.2 cm³/mol. The summed E-state index contributed by atoms with van der Waals surface area (Å²) >= 11 is 0. The number of sulfone groups is 1. The Kier molecular flexibility index (Phi) is 3.98. The molecule has 1 aromatic heterocycles. The van der Waals surface area contributed by atoms with Gasteiger partial charge in [0.1, 0.15) is 17.5 Å². The van der Waals surface area contributed by atoms with Gasteiger partial charge in [-0.1, -0.05) is 18.2 Å². The number of nitrogens with one attached hydrogen (secondary N) is 2. The van der Waals surface area contributed by atoms with E-state index in [9.17, 15) is 8.42 Å². The summed E-state index contributed by atoms with van der Waals surface area (Å²) in [6.45, 7) is 1.81. The predicted octanol–water partition coefficient (Wildman–Crippen LogP) is 2.13. The van der Waals surface area contributed by atoms with Crippen LogP contribution in [0.1, 0.15) is 12.2 Å². The molecule has 1 aliphatic heterocycles. The lowest BCUT2D eigenvalue weighted by Gasteiger charge is -2.13. The fourth-order valence-electron chi connectivity index (χ4n) is 2.49. The number of anilines is 3. The lowest BCUT2D eigenvalue weighted by atomic mass is 10.2. The molecule has 1 saturated heterocycles. The lowest BCUT2D eigenvalue weighted by Crippen LogP contribution is -2.21. The Morgan fingerprint density at radius 2 is 1.86 bits per heavy atom. The van der Waals surface area contributed by atoms with Crippen molar-refractivity contribution in [3.63, 3.8) is 0 Å². The smallest absolute Gasteiger partial charge is 0.152 e. The van der Waals surface area contributed by atoms with Gasteiger partial charge in [-0.15, -0.1) is 0 Å². The summed E-state index contributed by atoms with van der Waals surface area (Å²) in [7, 11) is -2.91. The number of rotatable bonds is 4.